The van der Waals surface area contributed by atoms with Crippen LogP contribution in [0.5, 0.6) is 0 Å². The molecule has 0 saturated heterocycles. The van der Waals surface area contributed by atoms with E-state index in [4.69, 9.17) is 4.74 Å². The first-order chi connectivity index (χ1) is 12.0. The van der Waals surface area contributed by atoms with Crippen LogP contribution in [0.15, 0.2) is 22.1 Å². The van der Waals surface area contributed by atoms with Crippen LogP contribution in [0.4, 0.5) is 9.59 Å². The van der Waals surface area contributed by atoms with Crippen molar-refractivity contribution in [3.63, 3.8) is 0 Å². The summed E-state index contributed by atoms with van der Waals surface area (Å²) in [6, 6.07) is -1.21. The fourth-order valence-corrected chi connectivity index (χ4v) is 2.22. The smallest absolute Gasteiger partial charge is 0.352 e. The Labute approximate surface area is 144 Å². The number of aliphatic imine (C=N–C) groups is 2. The zero-order chi connectivity index (χ0) is 18.2. The van der Waals surface area contributed by atoms with Crippen molar-refractivity contribution in [1.82, 2.24) is 15.5 Å². The van der Waals surface area contributed by atoms with Gasteiger partial charge in [0, 0.05) is 25.8 Å². The average molecular weight is 349 g/mol. The lowest BCUT2D eigenvalue weighted by atomic mass is 10.0. The molecule has 5 amide bonds. The molecule has 25 heavy (non-hydrogen) atoms. The summed E-state index contributed by atoms with van der Waals surface area (Å²) in [7, 11) is 0. The molecule has 0 fully saturated rings. The van der Waals surface area contributed by atoms with Crippen molar-refractivity contribution in [1.29, 1.82) is 0 Å². The minimum Gasteiger partial charge on any atom is -0.466 e. The molecular weight excluding hydrogens is 330 g/mol. The molecule has 134 valence electrons. The second-order valence-electron chi connectivity index (χ2n) is 5.12. The van der Waals surface area contributed by atoms with E-state index in [-0.39, 0.29) is 38.5 Å². The van der Waals surface area contributed by atoms with Crippen LogP contribution in [0.1, 0.15) is 13.3 Å². The van der Waals surface area contributed by atoms with Crippen molar-refractivity contribution >= 4 is 36.0 Å². The Kier molecular flexibility index (Phi) is 6.38. The van der Waals surface area contributed by atoms with Crippen molar-refractivity contribution in [2.24, 2.45) is 15.9 Å². The molecule has 0 aromatic heterocycles. The summed E-state index contributed by atoms with van der Waals surface area (Å²) in [5.41, 5.74) is 0. The van der Waals surface area contributed by atoms with Crippen LogP contribution in [0.2, 0.25) is 0 Å². The summed E-state index contributed by atoms with van der Waals surface area (Å²) in [6.45, 7) is 2.17. The molecular formula is C15H19N5O5. The number of esters is 1. The zero-order valence-corrected chi connectivity index (χ0v) is 13.7. The highest BCUT2D eigenvalue weighted by Gasteiger charge is 2.36. The molecule has 0 saturated carbocycles. The number of ether oxygens (including phenoxy) is 1. The molecule has 2 rings (SSSR count). The van der Waals surface area contributed by atoms with Gasteiger partial charge < -0.3 is 15.4 Å². The Morgan fingerprint density at radius 1 is 1.28 bits per heavy atom. The van der Waals surface area contributed by atoms with Gasteiger partial charge in [0.1, 0.15) is 11.8 Å². The summed E-state index contributed by atoms with van der Waals surface area (Å²) in [5, 5.41) is 4.98. The van der Waals surface area contributed by atoms with E-state index < -0.39 is 29.9 Å². The van der Waals surface area contributed by atoms with E-state index in [1.165, 1.54) is 6.21 Å². The lowest BCUT2D eigenvalue weighted by molar-refractivity contribution is -0.142. The number of imide groups is 1. The number of hydrogen-bond donors (Lipinski definition) is 2. The lowest BCUT2D eigenvalue weighted by Gasteiger charge is -2.27. The normalized spacial score (nSPS) is 18.5. The summed E-state index contributed by atoms with van der Waals surface area (Å²) in [4.78, 5) is 55.5. The summed E-state index contributed by atoms with van der Waals surface area (Å²) in [6.07, 6.45) is 4.76. The highest BCUT2D eigenvalue weighted by atomic mass is 16.5. The van der Waals surface area contributed by atoms with Gasteiger partial charge in [0.15, 0.2) is 0 Å². The molecule has 10 nitrogen and oxygen atoms in total. The van der Waals surface area contributed by atoms with Gasteiger partial charge in [-0.3, -0.25) is 14.5 Å². The highest BCUT2D eigenvalue weighted by molar-refractivity contribution is 6.19. The van der Waals surface area contributed by atoms with Gasteiger partial charge in [-0.2, -0.15) is 4.99 Å². The quantitative estimate of drug-likeness (QED) is 0.618. The predicted molar refractivity (Wildman–Crippen MR) is 88.3 cm³/mol. The molecule has 1 atom stereocenters. The minimum absolute atomic E-state index is 0.00615. The first-order valence-electron chi connectivity index (χ1n) is 7.85. The molecule has 0 spiro atoms. The van der Waals surface area contributed by atoms with E-state index in [0.29, 0.717) is 0 Å². The Morgan fingerprint density at radius 3 is 2.80 bits per heavy atom. The van der Waals surface area contributed by atoms with E-state index in [1.807, 2.05) is 0 Å². The molecule has 1 unspecified atom stereocenters. The zero-order valence-electron chi connectivity index (χ0n) is 13.7. The Balaban J connectivity index is 1.73. The molecule has 0 bridgehead atoms. The van der Waals surface area contributed by atoms with Crippen LogP contribution < -0.4 is 10.6 Å². The van der Waals surface area contributed by atoms with Crippen LogP contribution in [-0.2, 0) is 14.3 Å². The van der Waals surface area contributed by atoms with E-state index in [1.54, 1.807) is 19.1 Å². The van der Waals surface area contributed by atoms with Gasteiger partial charge in [0.05, 0.1) is 13.0 Å². The lowest BCUT2D eigenvalue weighted by Crippen LogP contribution is -2.49. The van der Waals surface area contributed by atoms with Crippen LogP contribution in [0.3, 0.4) is 0 Å². The second kappa shape index (κ2) is 8.71. The van der Waals surface area contributed by atoms with Gasteiger partial charge in [0.25, 0.3) is 0 Å². The molecule has 2 aliphatic heterocycles. The standard InChI is InChI=1S/C15H19N5O5/c1-2-25-11(21)5-7-17-14(23)18-8-9-20-13(22)10-4-3-6-16-12(10)19-15(20)24/h3-4,6,10H,2,5,7-9H2,1H3,(H2,17,18,23). The molecule has 0 radical (unpaired) electrons. The van der Waals surface area contributed by atoms with Crippen LogP contribution in [0, 0.1) is 5.92 Å². The van der Waals surface area contributed by atoms with Gasteiger partial charge in [-0.25, -0.2) is 14.6 Å². The maximum Gasteiger partial charge on any atom is 0.352 e. The number of carbonyl (C=O) groups is 4. The Morgan fingerprint density at radius 2 is 2.04 bits per heavy atom. The number of hydrogen-bond acceptors (Lipinski definition) is 6. The number of nitrogens with one attached hydrogen (secondary N) is 2. The van der Waals surface area contributed by atoms with Crippen LogP contribution in [-0.4, -0.2) is 67.1 Å². The van der Waals surface area contributed by atoms with E-state index in [9.17, 15) is 19.2 Å². The molecule has 0 aromatic carbocycles. The van der Waals surface area contributed by atoms with Crippen molar-refractivity contribution in [3.05, 3.63) is 12.2 Å². The fraction of sp³-hybridized carbons (Fsp3) is 0.467. The molecule has 0 aromatic rings. The van der Waals surface area contributed by atoms with Gasteiger partial charge >= 0.3 is 18.0 Å². The van der Waals surface area contributed by atoms with Crippen LogP contribution in [0.25, 0.3) is 0 Å². The van der Waals surface area contributed by atoms with E-state index >= 15 is 0 Å². The summed E-state index contributed by atoms with van der Waals surface area (Å²) in [5.74, 6) is -1.31. The van der Waals surface area contributed by atoms with Crippen molar-refractivity contribution in [2.75, 3.05) is 26.2 Å². The highest BCUT2D eigenvalue weighted by Crippen LogP contribution is 2.18. The largest absolute Gasteiger partial charge is 0.466 e. The van der Waals surface area contributed by atoms with Gasteiger partial charge in [-0.05, 0) is 13.0 Å². The summed E-state index contributed by atoms with van der Waals surface area (Å²) >= 11 is 0. The van der Waals surface area contributed by atoms with Crippen LogP contribution >= 0.6 is 0 Å². The van der Waals surface area contributed by atoms with E-state index in [0.717, 1.165) is 4.90 Å². The van der Waals surface area contributed by atoms with Gasteiger partial charge in [-0.15, -0.1) is 0 Å². The monoisotopic (exact) mass is 349 g/mol. The Hall–Kier alpha value is -3.04. The average Bonchev–Trinajstić information content (AvgIpc) is 2.58. The third-order valence-electron chi connectivity index (χ3n) is 3.39. The molecule has 0 aliphatic carbocycles. The number of rotatable bonds is 7. The number of dihydropyridines is 1. The van der Waals surface area contributed by atoms with E-state index in [2.05, 4.69) is 20.6 Å². The topological polar surface area (TPSA) is 130 Å². The number of amidine groups is 1. The maximum absolute atomic E-state index is 12.3. The second-order valence-corrected chi connectivity index (χ2v) is 5.12. The predicted octanol–water partition coefficient (Wildman–Crippen LogP) is -0.144. The number of nitrogens with zero attached hydrogens (tertiary/aromatic N) is 3. The number of carbonyl (C=O) groups excluding carboxylic acids is 4. The number of urea groups is 2. The Bertz CT molecular complexity index is 655. The minimum atomic E-state index is -0.701. The number of allylic oxidation sites excluding steroid dienone is 1. The summed E-state index contributed by atoms with van der Waals surface area (Å²) < 4.78 is 4.73. The molecule has 2 aliphatic rings. The van der Waals surface area contributed by atoms with Crippen molar-refractivity contribution in [2.45, 2.75) is 13.3 Å². The molecule has 10 heteroatoms. The fourth-order valence-electron chi connectivity index (χ4n) is 2.22. The van der Waals surface area contributed by atoms with Gasteiger partial charge in [0.2, 0.25) is 5.91 Å². The van der Waals surface area contributed by atoms with Gasteiger partial charge in [-0.1, -0.05) is 6.08 Å². The molecule has 2 heterocycles. The number of amides is 5. The first-order valence-corrected chi connectivity index (χ1v) is 7.85. The molecule has 2 N–H and O–H groups in total. The SMILES string of the molecule is CCOC(=O)CCNC(=O)NCCN1C(=O)N=C2N=CC=CC2C1=O. The third-order valence-corrected chi connectivity index (χ3v) is 3.39. The maximum atomic E-state index is 12.3. The van der Waals surface area contributed by atoms with Crippen molar-refractivity contribution in [3.8, 4) is 0 Å². The third kappa shape index (κ3) is 4.96. The number of fused-ring (bicyclic) bond motifs is 1. The first kappa shape index (κ1) is 18.3. The van der Waals surface area contributed by atoms with Crippen molar-refractivity contribution < 1.29 is 23.9 Å².